The van der Waals surface area contributed by atoms with Crippen molar-refractivity contribution >= 4 is 50.9 Å². The van der Waals surface area contributed by atoms with E-state index in [1.807, 2.05) is 36.7 Å². The number of rotatable bonds is 3. The van der Waals surface area contributed by atoms with Crippen molar-refractivity contribution in [2.75, 3.05) is 0 Å². The largest absolute Gasteiger partial charge is 0.305 e. The zero-order valence-corrected chi connectivity index (χ0v) is 25.6. The van der Waals surface area contributed by atoms with Crippen molar-refractivity contribution in [3.05, 3.63) is 108 Å². The van der Waals surface area contributed by atoms with Gasteiger partial charge >= 0.3 is 0 Å². The maximum Gasteiger partial charge on any atom is 0.0988 e. The third kappa shape index (κ3) is 4.12. The van der Waals surface area contributed by atoms with Crippen molar-refractivity contribution in [1.29, 1.82) is 0 Å². The van der Waals surface area contributed by atoms with Gasteiger partial charge in [-0.15, -0.1) is 64.2 Å². The summed E-state index contributed by atoms with van der Waals surface area (Å²) in [6.07, 6.45) is 3.74. The van der Waals surface area contributed by atoms with Crippen molar-refractivity contribution in [2.45, 2.75) is 39.8 Å². The van der Waals surface area contributed by atoms with Crippen molar-refractivity contribution in [3.8, 4) is 11.3 Å². The van der Waals surface area contributed by atoms with E-state index in [0.29, 0.717) is 0 Å². The Kier molecular flexibility index (Phi) is 7.33. The second kappa shape index (κ2) is 10.5. The summed E-state index contributed by atoms with van der Waals surface area (Å²) in [4.78, 5) is 9.03. The summed E-state index contributed by atoms with van der Waals surface area (Å²) < 4.78 is 0. The van der Waals surface area contributed by atoms with Crippen LogP contribution in [0.3, 0.4) is 0 Å². The number of hydrogen-bond acceptors (Lipinski definition) is 2. The summed E-state index contributed by atoms with van der Waals surface area (Å²) >= 11 is 0. The van der Waals surface area contributed by atoms with Crippen LogP contribution in [0.15, 0.2) is 85.2 Å². The number of aryl methyl sites for hydroxylation is 2. The Morgan fingerprint density at radius 3 is 2.21 bits per heavy atom. The minimum atomic E-state index is -1.63. The van der Waals surface area contributed by atoms with Gasteiger partial charge in [-0.1, -0.05) is 84.7 Å². The molecule has 0 N–H and O–H groups in total. The minimum Gasteiger partial charge on any atom is -0.305 e. The van der Waals surface area contributed by atoms with Gasteiger partial charge in [0.05, 0.1) is 8.07 Å². The monoisotopic (exact) mass is 687 g/mol. The van der Waals surface area contributed by atoms with Gasteiger partial charge in [-0.2, -0.15) is 0 Å². The second-order valence-electron chi connectivity index (χ2n) is 10.1. The van der Waals surface area contributed by atoms with E-state index < -0.39 is 8.07 Å². The predicted molar refractivity (Wildman–Crippen MR) is 160 cm³/mol. The Hall–Kier alpha value is -3.17. The van der Waals surface area contributed by atoms with E-state index in [1.54, 1.807) is 10.4 Å². The molecule has 2 nitrogen and oxygen atoms in total. The fourth-order valence-corrected chi connectivity index (χ4v) is 10.8. The Balaban J connectivity index is 0.000000170. The van der Waals surface area contributed by atoms with Gasteiger partial charge in [-0.05, 0) is 41.0 Å². The summed E-state index contributed by atoms with van der Waals surface area (Å²) in [5.41, 5.74) is 5.63. The maximum absolute atomic E-state index is 4.71. The molecule has 6 aromatic rings. The standard InChI is InChI=1S/C21H18NSi.C13H12N.Ir/c1-3-23(4-2)17-11-5-8-14-15-10-7-13-22-21(15)16-9-6-12-18(23)20(16)19(14)17;1-10-4-3-5-12(8-10)13-9-11(2)6-7-14-13;/h5-8,10-13H,3-4H2,1-2H3;3-4,6-9H,1-2H3;/q2*-1;. The Morgan fingerprint density at radius 1 is 0.711 bits per heavy atom. The Bertz CT molecular complexity index is 1660. The van der Waals surface area contributed by atoms with E-state index >= 15 is 0 Å². The van der Waals surface area contributed by atoms with Crippen molar-refractivity contribution in [1.82, 2.24) is 9.97 Å². The first kappa shape index (κ1) is 26.4. The third-order valence-corrected chi connectivity index (χ3v) is 13.3. The van der Waals surface area contributed by atoms with Gasteiger partial charge in [0, 0.05) is 32.5 Å². The van der Waals surface area contributed by atoms with Gasteiger partial charge in [-0.25, -0.2) is 0 Å². The van der Waals surface area contributed by atoms with Crippen LogP contribution >= 0.6 is 0 Å². The number of aromatic nitrogens is 2. The molecule has 1 aliphatic heterocycles. The molecule has 1 aliphatic rings. The van der Waals surface area contributed by atoms with Gasteiger partial charge in [0.15, 0.2) is 0 Å². The van der Waals surface area contributed by atoms with E-state index in [4.69, 9.17) is 4.98 Å². The number of pyridine rings is 2. The van der Waals surface area contributed by atoms with Crippen LogP contribution in [-0.4, -0.2) is 18.0 Å². The average Bonchev–Trinajstić information content (AvgIpc) is 3.24. The predicted octanol–water partition coefficient (Wildman–Crippen LogP) is 7.42. The Morgan fingerprint density at radius 2 is 1.45 bits per heavy atom. The molecule has 0 fully saturated rings. The molecule has 0 saturated heterocycles. The van der Waals surface area contributed by atoms with E-state index in [2.05, 4.69) is 93.3 Å². The molecule has 0 atom stereocenters. The molecule has 191 valence electrons. The molecule has 3 heterocycles. The maximum atomic E-state index is 4.71. The molecular formula is C34H30IrN2Si-2. The minimum absolute atomic E-state index is 0. The van der Waals surface area contributed by atoms with Crippen molar-refractivity contribution in [3.63, 3.8) is 0 Å². The van der Waals surface area contributed by atoms with Crippen LogP contribution in [0.25, 0.3) is 43.7 Å². The van der Waals surface area contributed by atoms with Crippen LogP contribution in [-0.2, 0) is 20.1 Å². The Labute approximate surface area is 239 Å². The van der Waals surface area contributed by atoms with E-state index in [-0.39, 0.29) is 20.1 Å². The average molecular weight is 687 g/mol. The second-order valence-corrected chi connectivity index (χ2v) is 14.7. The van der Waals surface area contributed by atoms with E-state index in [9.17, 15) is 0 Å². The molecule has 4 aromatic carbocycles. The van der Waals surface area contributed by atoms with Gasteiger partial charge in [0.2, 0.25) is 0 Å². The first-order valence-corrected chi connectivity index (χ1v) is 15.5. The summed E-state index contributed by atoms with van der Waals surface area (Å²) in [6, 6.07) is 35.0. The quantitative estimate of drug-likeness (QED) is 0.110. The smallest absolute Gasteiger partial charge is 0.0988 e. The number of fused-ring (bicyclic) bond motifs is 3. The number of nitrogens with zero attached hydrogens (tertiary/aromatic N) is 2. The third-order valence-electron chi connectivity index (χ3n) is 8.03. The molecule has 4 heteroatoms. The fraction of sp³-hybridized carbons (Fsp3) is 0.176. The van der Waals surface area contributed by atoms with Crippen LogP contribution in [0.1, 0.15) is 25.0 Å². The molecule has 1 radical (unpaired) electrons. The SMILES string of the molecule is CC[Si]1(CC)c2cc[c-]c3c4ncccc4c4cccc1c4c23.Cc1cc[c-]c(-c2cc(C)ccn2)c1.[Ir]. The zero-order chi connectivity index (χ0) is 25.6. The molecule has 0 spiro atoms. The van der Waals surface area contributed by atoms with Crippen LogP contribution < -0.4 is 10.4 Å². The van der Waals surface area contributed by atoms with Gasteiger partial charge in [0.1, 0.15) is 0 Å². The molecule has 0 amide bonds. The molecule has 0 saturated carbocycles. The summed E-state index contributed by atoms with van der Waals surface area (Å²) in [6.45, 7) is 8.90. The van der Waals surface area contributed by atoms with Crippen LogP contribution in [0.2, 0.25) is 12.1 Å². The van der Waals surface area contributed by atoms with Gasteiger partial charge in [0.25, 0.3) is 0 Å². The molecule has 2 aromatic heterocycles. The van der Waals surface area contributed by atoms with Crippen molar-refractivity contribution in [2.24, 2.45) is 0 Å². The summed E-state index contributed by atoms with van der Waals surface area (Å²) in [5, 5.41) is 10.0. The van der Waals surface area contributed by atoms with Crippen LogP contribution in [0.5, 0.6) is 0 Å². The molecule has 38 heavy (non-hydrogen) atoms. The summed E-state index contributed by atoms with van der Waals surface area (Å²) in [5.74, 6) is 0. The number of hydrogen-bond donors (Lipinski definition) is 0. The molecular weight excluding hydrogens is 657 g/mol. The fourth-order valence-electron chi connectivity index (χ4n) is 6.18. The molecule has 0 unspecified atom stereocenters. The first-order chi connectivity index (χ1) is 18.1. The molecule has 0 bridgehead atoms. The summed E-state index contributed by atoms with van der Waals surface area (Å²) in [7, 11) is -1.63. The van der Waals surface area contributed by atoms with E-state index in [0.717, 1.165) is 16.8 Å². The zero-order valence-electron chi connectivity index (χ0n) is 22.2. The first-order valence-electron chi connectivity index (χ1n) is 13.1. The van der Waals surface area contributed by atoms with Crippen molar-refractivity contribution < 1.29 is 20.1 Å². The number of benzene rings is 4. The normalized spacial score (nSPS) is 12.9. The van der Waals surface area contributed by atoms with E-state index in [1.165, 1.54) is 50.1 Å². The molecule has 0 aliphatic carbocycles. The van der Waals surface area contributed by atoms with Crippen LogP contribution in [0, 0.1) is 26.0 Å². The van der Waals surface area contributed by atoms with Gasteiger partial charge in [-0.3, -0.25) is 0 Å². The van der Waals surface area contributed by atoms with Gasteiger partial charge < -0.3 is 9.97 Å². The topological polar surface area (TPSA) is 25.8 Å². The molecule has 7 rings (SSSR count). The van der Waals surface area contributed by atoms with Crippen LogP contribution in [0.4, 0.5) is 0 Å².